The number of nitrogens with zero attached hydrogens (tertiary/aromatic N) is 3. The number of H-pyrrole nitrogens is 1. The molecule has 0 bridgehead atoms. The van der Waals surface area contributed by atoms with Gasteiger partial charge in [-0.2, -0.15) is 5.10 Å². The van der Waals surface area contributed by atoms with E-state index < -0.39 is 0 Å². The molecule has 1 amide bonds. The Bertz CT molecular complexity index is 1260. The van der Waals surface area contributed by atoms with Gasteiger partial charge < -0.3 is 14.6 Å². The SMILES string of the molecule is COc1ccc2[nH]cc(C3CCN(C(=O)c4c(C)nn(-c5ccccc5)c4C)CC3)c2c1. The molecule has 32 heavy (non-hydrogen) atoms. The molecule has 164 valence electrons. The number of ether oxygens (including phenoxy) is 1. The van der Waals surface area contributed by atoms with Crippen molar-refractivity contribution in [2.45, 2.75) is 32.6 Å². The molecule has 6 heteroatoms. The quantitative estimate of drug-likeness (QED) is 0.498. The topological polar surface area (TPSA) is 63.1 Å². The highest BCUT2D eigenvalue weighted by Gasteiger charge is 2.29. The second-order valence-electron chi connectivity index (χ2n) is 8.52. The molecule has 4 aromatic rings. The maximum atomic E-state index is 13.4. The molecule has 0 spiro atoms. The van der Waals surface area contributed by atoms with Gasteiger partial charge in [0, 0.05) is 30.2 Å². The first-order valence-corrected chi connectivity index (χ1v) is 11.1. The van der Waals surface area contributed by atoms with Crippen molar-refractivity contribution in [3.63, 3.8) is 0 Å². The van der Waals surface area contributed by atoms with Crippen LogP contribution >= 0.6 is 0 Å². The number of carbonyl (C=O) groups excluding carboxylic acids is 1. The number of carbonyl (C=O) groups is 1. The molecule has 1 N–H and O–H groups in total. The maximum Gasteiger partial charge on any atom is 0.257 e. The fourth-order valence-corrected chi connectivity index (χ4v) is 4.91. The summed E-state index contributed by atoms with van der Waals surface area (Å²) in [6, 6.07) is 16.1. The van der Waals surface area contributed by atoms with Crippen molar-refractivity contribution in [3.05, 3.63) is 77.2 Å². The van der Waals surface area contributed by atoms with E-state index in [0.29, 0.717) is 5.92 Å². The van der Waals surface area contributed by atoms with Gasteiger partial charge in [-0.1, -0.05) is 18.2 Å². The summed E-state index contributed by atoms with van der Waals surface area (Å²) in [5, 5.41) is 5.87. The molecule has 6 nitrogen and oxygen atoms in total. The van der Waals surface area contributed by atoms with Crippen LogP contribution in [-0.4, -0.2) is 45.8 Å². The van der Waals surface area contributed by atoms with Crippen molar-refractivity contribution in [2.75, 3.05) is 20.2 Å². The van der Waals surface area contributed by atoms with Crippen molar-refractivity contribution >= 4 is 16.8 Å². The highest BCUT2D eigenvalue weighted by atomic mass is 16.5. The lowest BCUT2D eigenvalue weighted by molar-refractivity contribution is 0.0712. The average Bonchev–Trinajstić information content (AvgIpc) is 3.39. The predicted octanol–water partition coefficient (Wildman–Crippen LogP) is 5.00. The Balaban J connectivity index is 1.34. The fraction of sp³-hybridized carbons (Fsp3) is 0.308. The molecule has 1 fully saturated rings. The van der Waals surface area contributed by atoms with E-state index in [1.807, 2.05) is 59.8 Å². The largest absolute Gasteiger partial charge is 0.497 e. The monoisotopic (exact) mass is 428 g/mol. The van der Waals surface area contributed by atoms with Crippen LogP contribution in [0.15, 0.2) is 54.7 Å². The summed E-state index contributed by atoms with van der Waals surface area (Å²) in [5.74, 6) is 1.38. The summed E-state index contributed by atoms with van der Waals surface area (Å²) in [7, 11) is 1.70. The highest BCUT2D eigenvalue weighted by molar-refractivity contribution is 5.96. The molecule has 0 radical (unpaired) electrons. The number of benzene rings is 2. The maximum absolute atomic E-state index is 13.4. The second-order valence-corrected chi connectivity index (χ2v) is 8.52. The minimum atomic E-state index is 0.0845. The van der Waals surface area contributed by atoms with Gasteiger partial charge in [0.05, 0.1) is 29.7 Å². The van der Waals surface area contributed by atoms with Crippen molar-refractivity contribution < 1.29 is 9.53 Å². The number of methoxy groups -OCH3 is 1. The van der Waals surface area contributed by atoms with Crippen molar-refractivity contribution in [1.82, 2.24) is 19.7 Å². The number of para-hydroxylation sites is 1. The van der Waals surface area contributed by atoms with E-state index in [-0.39, 0.29) is 5.91 Å². The predicted molar refractivity (Wildman–Crippen MR) is 126 cm³/mol. The van der Waals surface area contributed by atoms with E-state index in [1.54, 1.807) is 7.11 Å². The molecule has 1 aliphatic heterocycles. The van der Waals surface area contributed by atoms with Gasteiger partial charge in [-0.3, -0.25) is 4.79 Å². The van der Waals surface area contributed by atoms with Gasteiger partial charge in [-0.05, 0) is 68.5 Å². The van der Waals surface area contributed by atoms with Crippen molar-refractivity contribution in [3.8, 4) is 11.4 Å². The molecule has 2 aromatic carbocycles. The van der Waals surface area contributed by atoms with E-state index in [1.165, 1.54) is 10.9 Å². The van der Waals surface area contributed by atoms with Gasteiger partial charge >= 0.3 is 0 Å². The van der Waals surface area contributed by atoms with Crippen LogP contribution in [0.1, 0.15) is 46.1 Å². The Hall–Kier alpha value is -3.54. The number of piperidine rings is 1. The van der Waals surface area contributed by atoms with Gasteiger partial charge in [-0.25, -0.2) is 4.68 Å². The lowest BCUT2D eigenvalue weighted by Gasteiger charge is -2.32. The minimum Gasteiger partial charge on any atom is -0.497 e. The van der Waals surface area contributed by atoms with Gasteiger partial charge in [-0.15, -0.1) is 0 Å². The number of amides is 1. The van der Waals surface area contributed by atoms with Crippen LogP contribution < -0.4 is 4.74 Å². The Labute approximate surface area is 187 Å². The minimum absolute atomic E-state index is 0.0845. The zero-order chi connectivity index (χ0) is 22.2. The molecule has 0 saturated carbocycles. The first-order chi connectivity index (χ1) is 15.6. The van der Waals surface area contributed by atoms with E-state index in [4.69, 9.17) is 4.74 Å². The number of hydrogen-bond acceptors (Lipinski definition) is 3. The van der Waals surface area contributed by atoms with E-state index >= 15 is 0 Å². The van der Waals surface area contributed by atoms with Crippen LogP contribution in [0.3, 0.4) is 0 Å². The Morgan fingerprint density at radius 1 is 1.09 bits per heavy atom. The number of fused-ring (bicyclic) bond motifs is 1. The van der Waals surface area contributed by atoms with Gasteiger partial charge in [0.25, 0.3) is 5.91 Å². The van der Waals surface area contributed by atoms with Gasteiger partial charge in [0.1, 0.15) is 5.75 Å². The molecule has 2 aromatic heterocycles. The lowest BCUT2D eigenvalue weighted by atomic mass is 9.89. The standard InChI is InChI=1S/C26H28N4O2/c1-17-25(18(2)30(28-17)20-7-5-4-6-8-20)26(31)29-13-11-19(12-14-29)23-16-27-24-10-9-21(32-3)15-22(23)24/h4-10,15-16,19,27H,11-14H2,1-3H3. The Morgan fingerprint density at radius 3 is 2.56 bits per heavy atom. The number of rotatable bonds is 4. The molecular weight excluding hydrogens is 400 g/mol. The number of nitrogens with one attached hydrogen (secondary N) is 1. The fourth-order valence-electron chi connectivity index (χ4n) is 4.91. The van der Waals surface area contributed by atoms with Crippen LogP contribution in [0.5, 0.6) is 5.75 Å². The first-order valence-electron chi connectivity index (χ1n) is 11.1. The van der Waals surface area contributed by atoms with Crippen molar-refractivity contribution in [2.24, 2.45) is 0 Å². The third-order valence-corrected chi connectivity index (χ3v) is 6.65. The Kier molecular flexibility index (Phi) is 5.21. The number of hydrogen-bond donors (Lipinski definition) is 1. The zero-order valence-electron chi connectivity index (χ0n) is 18.8. The molecule has 0 aliphatic carbocycles. The summed E-state index contributed by atoms with van der Waals surface area (Å²) in [6.45, 7) is 5.39. The molecule has 1 saturated heterocycles. The van der Waals surface area contributed by atoms with Gasteiger partial charge in [0.15, 0.2) is 0 Å². The van der Waals surface area contributed by atoms with Crippen molar-refractivity contribution in [1.29, 1.82) is 0 Å². The normalized spacial score (nSPS) is 14.8. The average molecular weight is 429 g/mol. The number of aromatic nitrogens is 3. The van der Waals surface area contributed by atoms with Gasteiger partial charge in [0.2, 0.25) is 0 Å². The summed E-state index contributed by atoms with van der Waals surface area (Å²) in [4.78, 5) is 18.8. The lowest BCUT2D eigenvalue weighted by Crippen LogP contribution is -2.38. The molecule has 0 atom stereocenters. The number of likely N-dealkylation sites (tertiary alicyclic amines) is 1. The molecule has 0 unspecified atom stereocenters. The van der Waals surface area contributed by atoms with E-state index in [2.05, 4.69) is 28.4 Å². The van der Waals surface area contributed by atoms with Crippen LogP contribution in [0, 0.1) is 13.8 Å². The molecule has 5 rings (SSSR count). The second kappa shape index (κ2) is 8.19. The zero-order valence-corrected chi connectivity index (χ0v) is 18.8. The number of aryl methyl sites for hydroxylation is 1. The molecule has 3 heterocycles. The van der Waals surface area contributed by atoms with Crippen LogP contribution in [0.2, 0.25) is 0 Å². The third-order valence-electron chi connectivity index (χ3n) is 6.65. The summed E-state index contributed by atoms with van der Waals surface area (Å²) >= 11 is 0. The Morgan fingerprint density at radius 2 is 1.84 bits per heavy atom. The first kappa shape index (κ1) is 20.4. The van der Waals surface area contributed by atoms with Crippen LogP contribution in [-0.2, 0) is 0 Å². The smallest absolute Gasteiger partial charge is 0.257 e. The molecular formula is C26H28N4O2. The highest BCUT2D eigenvalue weighted by Crippen LogP contribution is 2.35. The summed E-state index contributed by atoms with van der Waals surface area (Å²) < 4.78 is 7.28. The van der Waals surface area contributed by atoms with E-state index in [0.717, 1.165) is 59.8 Å². The van der Waals surface area contributed by atoms with Crippen LogP contribution in [0.25, 0.3) is 16.6 Å². The summed E-state index contributed by atoms with van der Waals surface area (Å²) in [6.07, 6.45) is 4.01. The number of aromatic amines is 1. The van der Waals surface area contributed by atoms with Crippen LogP contribution in [0.4, 0.5) is 0 Å². The van der Waals surface area contributed by atoms with E-state index in [9.17, 15) is 4.79 Å². The third kappa shape index (κ3) is 3.45. The summed E-state index contributed by atoms with van der Waals surface area (Å²) in [5.41, 5.74) is 5.81. The molecule has 1 aliphatic rings.